The minimum atomic E-state index is -0.584. The number of amides is 2. The number of hydrogen-bond acceptors (Lipinski definition) is 4. The lowest BCUT2D eigenvalue weighted by atomic mass is 9.91. The first-order valence-corrected chi connectivity index (χ1v) is 8.10. The Morgan fingerprint density at radius 1 is 1.22 bits per heavy atom. The first-order valence-electron chi connectivity index (χ1n) is 7.22. The highest BCUT2D eigenvalue weighted by Gasteiger charge is 2.23. The molecule has 0 fully saturated rings. The molecule has 23 heavy (non-hydrogen) atoms. The summed E-state index contributed by atoms with van der Waals surface area (Å²) < 4.78 is 5.29. The van der Waals surface area contributed by atoms with E-state index in [1.54, 1.807) is 35.6 Å². The summed E-state index contributed by atoms with van der Waals surface area (Å²) in [6.45, 7) is 4.39. The van der Waals surface area contributed by atoms with Crippen LogP contribution in [-0.4, -0.2) is 25.0 Å². The number of nitrogens with two attached hydrogens (primary N) is 1. The van der Waals surface area contributed by atoms with Crippen molar-refractivity contribution in [1.29, 1.82) is 0 Å². The maximum Gasteiger partial charge on any atom is 0.255 e. The van der Waals surface area contributed by atoms with Gasteiger partial charge in [0.05, 0.1) is 5.56 Å². The standard InChI is InChI=1S/C17H20N2O3S/c1-17(2,14-8-5-9-23-14)11-19-16(21)12-6-3-4-7-13(12)22-10-15(18)20/h3-9H,10-11H2,1-2H3,(H2,18,20)(H,19,21). The van der Waals surface area contributed by atoms with Gasteiger partial charge in [-0.05, 0) is 23.6 Å². The first-order chi connectivity index (χ1) is 10.9. The topological polar surface area (TPSA) is 81.4 Å². The van der Waals surface area contributed by atoms with Crippen molar-refractivity contribution in [3.63, 3.8) is 0 Å². The van der Waals surface area contributed by atoms with Gasteiger partial charge in [0, 0.05) is 16.8 Å². The number of carbonyl (C=O) groups is 2. The molecule has 0 atom stereocenters. The summed E-state index contributed by atoms with van der Waals surface area (Å²) in [5.41, 5.74) is 5.30. The van der Waals surface area contributed by atoms with Gasteiger partial charge in [0.1, 0.15) is 5.75 Å². The van der Waals surface area contributed by atoms with Crippen molar-refractivity contribution in [3.05, 3.63) is 52.2 Å². The van der Waals surface area contributed by atoms with Crippen molar-refractivity contribution in [3.8, 4) is 5.75 Å². The third kappa shape index (κ3) is 4.56. The fourth-order valence-corrected chi connectivity index (χ4v) is 2.93. The number of primary amides is 1. The fraction of sp³-hybridized carbons (Fsp3) is 0.294. The van der Waals surface area contributed by atoms with Gasteiger partial charge in [0.25, 0.3) is 11.8 Å². The molecule has 0 aliphatic rings. The highest BCUT2D eigenvalue weighted by atomic mass is 32.1. The zero-order chi connectivity index (χ0) is 16.9. The highest BCUT2D eigenvalue weighted by Crippen LogP contribution is 2.27. The molecule has 5 nitrogen and oxygen atoms in total. The zero-order valence-corrected chi connectivity index (χ0v) is 14.0. The quantitative estimate of drug-likeness (QED) is 0.816. The number of hydrogen-bond donors (Lipinski definition) is 2. The van der Waals surface area contributed by atoms with Crippen LogP contribution in [0.1, 0.15) is 29.1 Å². The fourth-order valence-electron chi connectivity index (χ4n) is 2.08. The molecule has 0 saturated heterocycles. The minimum absolute atomic E-state index is 0.160. The predicted octanol–water partition coefficient (Wildman–Crippen LogP) is 2.32. The molecule has 0 saturated carbocycles. The van der Waals surface area contributed by atoms with Gasteiger partial charge in [-0.25, -0.2) is 0 Å². The molecule has 0 radical (unpaired) electrons. The van der Waals surface area contributed by atoms with Crippen LogP contribution in [0.4, 0.5) is 0 Å². The van der Waals surface area contributed by atoms with Crippen LogP contribution >= 0.6 is 11.3 Å². The summed E-state index contributed by atoms with van der Waals surface area (Å²) in [6.07, 6.45) is 0. The number of rotatable bonds is 7. The molecule has 0 spiro atoms. The van der Waals surface area contributed by atoms with Crippen molar-refractivity contribution < 1.29 is 14.3 Å². The van der Waals surface area contributed by atoms with Crippen LogP contribution in [-0.2, 0) is 10.2 Å². The van der Waals surface area contributed by atoms with Gasteiger partial charge in [-0.1, -0.05) is 32.0 Å². The number of ether oxygens (including phenoxy) is 1. The lowest BCUT2D eigenvalue weighted by Crippen LogP contribution is -2.36. The van der Waals surface area contributed by atoms with E-state index in [2.05, 4.69) is 25.2 Å². The van der Waals surface area contributed by atoms with Crippen LogP contribution in [0, 0.1) is 0 Å². The third-order valence-electron chi connectivity index (χ3n) is 3.38. The molecule has 2 rings (SSSR count). The molecule has 1 aromatic carbocycles. The van der Waals surface area contributed by atoms with E-state index in [4.69, 9.17) is 10.5 Å². The van der Waals surface area contributed by atoms with E-state index in [-0.39, 0.29) is 17.9 Å². The first kappa shape index (κ1) is 17.0. The van der Waals surface area contributed by atoms with Crippen molar-refractivity contribution in [1.82, 2.24) is 5.32 Å². The minimum Gasteiger partial charge on any atom is -0.483 e. The molecule has 1 aromatic heterocycles. The SMILES string of the molecule is CC(C)(CNC(=O)c1ccccc1OCC(N)=O)c1cccs1. The Balaban J connectivity index is 2.05. The Hall–Kier alpha value is -2.34. The van der Waals surface area contributed by atoms with Crippen LogP contribution in [0.3, 0.4) is 0 Å². The van der Waals surface area contributed by atoms with Crippen molar-refractivity contribution >= 4 is 23.2 Å². The number of carbonyl (C=O) groups excluding carboxylic acids is 2. The van der Waals surface area contributed by atoms with Gasteiger partial charge >= 0.3 is 0 Å². The average molecular weight is 332 g/mol. The Kier molecular flexibility index (Phi) is 5.39. The smallest absolute Gasteiger partial charge is 0.255 e. The van der Waals surface area contributed by atoms with Crippen molar-refractivity contribution in [2.45, 2.75) is 19.3 Å². The summed E-state index contributed by atoms with van der Waals surface area (Å²) in [4.78, 5) is 24.5. The maximum atomic E-state index is 12.4. The van der Waals surface area contributed by atoms with Gasteiger partial charge in [-0.15, -0.1) is 11.3 Å². The summed E-state index contributed by atoms with van der Waals surface area (Å²) >= 11 is 1.66. The van der Waals surface area contributed by atoms with Gasteiger partial charge in [0.15, 0.2) is 6.61 Å². The molecular formula is C17H20N2O3S. The van der Waals surface area contributed by atoms with Crippen LogP contribution < -0.4 is 15.8 Å². The highest BCUT2D eigenvalue weighted by molar-refractivity contribution is 7.10. The third-order valence-corrected chi connectivity index (χ3v) is 4.62. The van der Waals surface area contributed by atoms with Crippen molar-refractivity contribution in [2.24, 2.45) is 5.73 Å². The summed E-state index contributed by atoms with van der Waals surface area (Å²) in [7, 11) is 0. The van der Waals surface area contributed by atoms with Gasteiger partial charge in [-0.3, -0.25) is 9.59 Å². The molecule has 1 heterocycles. The maximum absolute atomic E-state index is 12.4. The van der Waals surface area contributed by atoms with E-state index < -0.39 is 5.91 Å². The lowest BCUT2D eigenvalue weighted by Gasteiger charge is -2.24. The van der Waals surface area contributed by atoms with Crippen molar-refractivity contribution in [2.75, 3.05) is 13.2 Å². The number of para-hydroxylation sites is 1. The normalized spacial score (nSPS) is 11.0. The van der Waals surface area contributed by atoms with Gasteiger partial charge in [-0.2, -0.15) is 0 Å². The van der Waals surface area contributed by atoms with Crippen LogP contribution in [0.2, 0.25) is 0 Å². The van der Waals surface area contributed by atoms with E-state index in [1.165, 1.54) is 4.88 Å². The van der Waals surface area contributed by atoms with E-state index in [1.807, 2.05) is 11.4 Å². The molecule has 3 N–H and O–H groups in total. The summed E-state index contributed by atoms with van der Waals surface area (Å²) in [6, 6.07) is 10.8. The lowest BCUT2D eigenvalue weighted by molar-refractivity contribution is -0.119. The largest absolute Gasteiger partial charge is 0.483 e. The molecule has 6 heteroatoms. The second kappa shape index (κ2) is 7.28. The zero-order valence-electron chi connectivity index (χ0n) is 13.2. The Labute approximate surface area is 139 Å². The monoisotopic (exact) mass is 332 g/mol. The second-order valence-corrected chi connectivity index (χ2v) is 6.74. The van der Waals surface area contributed by atoms with Gasteiger partial charge in [0.2, 0.25) is 0 Å². The van der Waals surface area contributed by atoms with E-state index >= 15 is 0 Å². The Bertz CT molecular complexity index is 681. The number of thiophene rings is 1. The molecule has 2 aromatic rings. The summed E-state index contributed by atoms with van der Waals surface area (Å²) in [5, 5.41) is 4.95. The number of nitrogens with one attached hydrogen (secondary N) is 1. The second-order valence-electron chi connectivity index (χ2n) is 5.80. The predicted molar refractivity (Wildman–Crippen MR) is 90.8 cm³/mol. The Morgan fingerprint density at radius 3 is 2.61 bits per heavy atom. The number of benzene rings is 1. The van der Waals surface area contributed by atoms with E-state index in [0.717, 1.165) is 0 Å². The molecule has 0 bridgehead atoms. The molecule has 122 valence electrons. The molecular weight excluding hydrogens is 312 g/mol. The molecule has 0 unspecified atom stereocenters. The summed E-state index contributed by atoms with van der Waals surface area (Å²) in [5.74, 6) is -0.480. The molecule has 0 aliphatic carbocycles. The van der Waals surface area contributed by atoms with Crippen LogP contribution in [0.25, 0.3) is 0 Å². The van der Waals surface area contributed by atoms with Crippen LogP contribution in [0.15, 0.2) is 41.8 Å². The van der Waals surface area contributed by atoms with Crippen LogP contribution in [0.5, 0.6) is 5.75 Å². The van der Waals surface area contributed by atoms with E-state index in [0.29, 0.717) is 17.9 Å². The van der Waals surface area contributed by atoms with E-state index in [9.17, 15) is 9.59 Å². The van der Waals surface area contributed by atoms with Gasteiger partial charge < -0.3 is 15.8 Å². The Morgan fingerprint density at radius 2 is 1.96 bits per heavy atom. The average Bonchev–Trinajstić information content (AvgIpc) is 3.06. The molecule has 0 aliphatic heterocycles. The molecule has 2 amide bonds.